The van der Waals surface area contributed by atoms with E-state index in [2.05, 4.69) is 30.6 Å². The second-order valence-electron chi connectivity index (χ2n) is 6.29. The van der Waals surface area contributed by atoms with Crippen LogP contribution in [0, 0.1) is 0 Å². The minimum Gasteiger partial charge on any atom is -0.295 e. The van der Waals surface area contributed by atoms with Crippen LogP contribution in [0.1, 0.15) is 40.0 Å². The molecule has 3 fully saturated rings. The molecule has 3 rings (SSSR count). The molecule has 1 aliphatic carbocycles. The van der Waals surface area contributed by atoms with E-state index in [0.717, 1.165) is 18.1 Å². The van der Waals surface area contributed by atoms with Crippen molar-refractivity contribution in [3.8, 4) is 0 Å². The van der Waals surface area contributed by atoms with Gasteiger partial charge in [-0.15, -0.1) is 0 Å². The predicted octanol–water partition coefficient (Wildman–Crippen LogP) is 1.71. The maximum Gasteiger partial charge on any atom is 0.0244 e. The Balaban J connectivity index is 1.70. The lowest BCUT2D eigenvalue weighted by Crippen LogP contribution is -2.53. The summed E-state index contributed by atoms with van der Waals surface area (Å²) in [5, 5.41) is 0. The summed E-state index contributed by atoms with van der Waals surface area (Å²) in [6, 6.07) is 2.74. The van der Waals surface area contributed by atoms with Gasteiger partial charge in [-0.1, -0.05) is 0 Å². The van der Waals surface area contributed by atoms with Crippen molar-refractivity contribution in [1.82, 2.24) is 9.80 Å². The predicted molar refractivity (Wildman–Crippen MR) is 58.4 cm³/mol. The Bertz CT molecular complexity index is 239. The molecular formula is C12H22N2. The van der Waals surface area contributed by atoms with Crippen LogP contribution in [0.2, 0.25) is 0 Å². The molecule has 2 heterocycles. The van der Waals surface area contributed by atoms with Gasteiger partial charge in [-0.3, -0.25) is 9.80 Å². The molecule has 2 heteroatoms. The molecule has 0 aromatic rings. The van der Waals surface area contributed by atoms with E-state index in [0.29, 0.717) is 5.54 Å². The van der Waals surface area contributed by atoms with Crippen LogP contribution in [0.25, 0.3) is 0 Å². The molecule has 2 nitrogen and oxygen atoms in total. The number of piperazine rings is 1. The highest BCUT2D eigenvalue weighted by Crippen LogP contribution is 2.41. The molecule has 0 amide bonds. The zero-order valence-corrected chi connectivity index (χ0v) is 9.66. The number of rotatable bonds is 1. The molecule has 2 bridgehead atoms. The first kappa shape index (κ1) is 9.17. The highest BCUT2D eigenvalue weighted by atomic mass is 15.4. The van der Waals surface area contributed by atoms with E-state index < -0.39 is 0 Å². The lowest BCUT2D eigenvalue weighted by Gasteiger charge is -2.42. The Hall–Kier alpha value is -0.0800. The lowest BCUT2D eigenvalue weighted by molar-refractivity contribution is 0.0543. The maximum atomic E-state index is 2.78. The van der Waals surface area contributed by atoms with Gasteiger partial charge in [0.1, 0.15) is 0 Å². The minimum atomic E-state index is 0.384. The summed E-state index contributed by atoms with van der Waals surface area (Å²) in [5.74, 6) is 0. The van der Waals surface area contributed by atoms with Gasteiger partial charge in [0.2, 0.25) is 0 Å². The summed E-state index contributed by atoms with van der Waals surface area (Å²) in [7, 11) is 0. The van der Waals surface area contributed by atoms with Crippen LogP contribution < -0.4 is 0 Å². The highest BCUT2D eigenvalue weighted by molar-refractivity contribution is 5.06. The van der Waals surface area contributed by atoms with Gasteiger partial charge < -0.3 is 0 Å². The fourth-order valence-electron chi connectivity index (χ4n) is 3.37. The Morgan fingerprint density at radius 1 is 0.929 bits per heavy atom. The van der Waals surface area contributed by atoms with Crippen molar-refractivity contribution in [1.29, 1.82) is 0 Å². The summed E-state index contributed by atoms with van der Waals surface area (Å²) in [6.07, 6.45) is 4.38. The van der Waals surface area contributed by atoms with E-state index in [1.807, 2.05) is 0 Å². The van der Waals surface area contributed by atoms with Gasteiger partial charge in [-0.05, 0) is 40.0 Å². The normalized spacial score (nSPS) is 39.6. The molecule has 0 N–H and O–H groups in total. The SMILES string of the molecule is CC(C)(C)N1C[C@H]2C[C@@H]1CN2C1CC1. The molecule has 14 heavy (non-hydrogen) atoms. The summed E-state index contributed by atoms with van der Waals surface area (Å²) in [5.41, 5.74) is 0.384. The number of nitrogens with zero attached hydrogens (tertiary/aromatic N) is 2. The van der Waals surface area contributed by atoms with Gasteiger partial charge in [0.25, 0.3) is 0 Å². The summed E-state index contributed by atoms with van der Waals surface area (Å²) in [6.45, 7) is 9.75. The zero-order chi connectivity index (χ0) is 9.92. The Labute approximate surface area is 87.3 Å². The topological polar surface area (TPSA) is 6.48 Å². The average Bonchev–Trinajstić information content (AvgIpc) is 2.73. The van der Waals surface area contributed by atoms with Crippen molar-refractivity contribution in [3.63, 3.8) is 0 Å². The third-order valence-electron chi connectivity index (χ3n) is 4.16. The van der Waals surface area contributed by atoms with Crippen LogP contribution >= 0.6 is 0 Å². The van der Waals surface area contributed by atoms with Gasteiger partial charge in [0.05, 0.1) is 0 Å². The first-order chi connectivity index (χ1) is 6.55. The van der Waals surface area contributed by atoms with Crippen LogP contribution in [-0.4, -0.2) is 46.6 Å². The fraction of sp³-hybridized carbons (Fsp3) is 1.00. The van der Waals surface area contributed by atoms with E-state index in [4.69, 9.17) is 0 Å². The molecule has 1 saturated carbocycles. The third-order valence-corrected chi connectivity index (χ3v) is 4.16. The second kappa shape index (κ2) is 2.73. The lowest BCUT2D eigenvalue weighted by atomic mass is 10.0. The summed E-state index contributed by atoms with van der Waals surface area (Å²) in [4.78, 5) is 5.50. The van der Waals surface area contributed by atoms with E-state index in [-0.39, 0.29) is 0 Å². The molecule has 0 unspecified atom stereocenters. The molecule has 0 spiro atoms. The van der Waals surface area contributed by atoms with Gasteiger partial charge >= 0.3 is 0 Å². The van der Waals surface area contributed by atoms with Gasteiger partial charge in [0.15, 0.2) is 0 Å². The molecule has 0 aromatic heterocycles. The van der Waals surface area contributed by atoms with Crippen molar-refractivity contribution < 1.29 is 0 Å². The molecule has 3 aliphatic rings. The Morgan fingerprint density at radius 2 is 1.64 bits per heavy atom. The van der Waals surface area contributed by atoms with Gasteiger partial charge in [0, 0.05) is 36.8 Å². The fourth-order valence-corrected chi connectivity index (χ4v) is 3.37. The molecule has 0 radical (unpaired) electrons. The standard InChI is InChI=1S/C12H22N2/c1-12(2,3)14-8-10-6-11(14)7-13(10)9-4-5-9/h9-11H,4-8H2,1-3H3/t10-,11-/m1/s1. The summed E-state index contributed by atoms with van der Waals surface area (Å²) >= 11 is 0. The first-order valence-electron chi connectivity index (χ1n) is 6.08. The monoisotopic (exact) mass is 194 g/mol. The van der Waals surface area contributed by atoms with Crippen LogP contribution in [0.4, 0.5) is 0 Å². The smallest absolute Gasteiger partial charge is 0.0244 e. The molecular weight excluding hydrogens is 172 g/mol. The van der Waals surface area contributed by atoms with Crippen molar-refractivity contribution >= 4 is 0 Å². The van der Waals surface area contributed by atoms with Crippen LogP contribution in [0.3, 0.4) is 0 Å². The molecule has 2 saturated heterocycles. The summed E-state index contributed by atoms with van der Waals surface area (Å²) < 4.78 is 0. The third kappa shape index (κ3) is 1.31. The molecule has 80 valence electrons. The number of hydrogen-bond acceptors (Lipinski definition) is 2. The van der Waals surface area contributed by atoms with Crippen LogP contribution in [-0.2, 0) is 0 Å². The molecule has 0 aromatic carbocycles. The Morgan fingerprint density at radius 3 is 2.07 bits per heavy atom. The van der Waals surface area contributed by atoms with Crippen molar-refractivity contribution in [2.45, 2.75) is 63.7 Å². The minimum absolute atomic E-state index is 0.384. The Kier molecular flexibility index (Phi) is 1.79. The second-order valence-corrected chi connectivity index (χ2v) is 6.29. The number of fused-ring (bicyclic) bond motifs is 2. The first-order valence-corrected chi connectivity index (χ1v) is 6.08. The zero-order valence-electron chi connectivity index (χ0n) is 9.66. The number of hydrogen-bond donors (Lipinski definition) is 0. The number of likely N-dealkylation sites (tertiary alicyclic amines) is 2. The van der Waals surface area contributed by atoms with Crippen molar-refractivity contribution in [2.75, 3.05) is 13.1 Å². The largest absolute Gasteiger partial charge is 0.295 e. The highest BCUT2D eigenvalue weighted by Gasteiger charge is 2.50. The van der Waals surface area contributed by atoms with E-state index in [1.165, 1.54) is 32.4 Å². The van der Waals surface area contributed by atoms with Crippen LogP contribution in [0.5, 0.6) is 0 Å². The average molecular weight is 194 g/mol. The van der Waals surface area contributed by atoms with Crippen molar-refractivity contribution in [2.24, 2.45) is 0 Å². The molecule has 2 aliphatic heterocycles. The van der Waals surface area contributed by atoms with Gasteiger partial charge in [-0.2, -0.15) is 0 Å². The van der Waals surface area contributed by atoms with E-state index >= 15 is 0 Å². The van der Waals surface area contributed by atoms with Crippen molar-refractivity contribution in [3.05, 3.63) is 0 Å². The van der Waals surface area contributed by atoms with Gasteiger partial charge in [-0.25, -0.2) is 0 Å². The van der Waals surface area contributed by atoms with E-state index in [9.17, 15) is 0 Å². The maximum absolute atomic E-state index is 2.78. The van der Waals surface area contributed by atoms with E-state index in [1.54, 1.807) is 0 Å². The quantitative estimate of drug-likeness (QED) is 0.627. The van der Waals surface area contributed by atoms with Crippen LogP contribution in [0.15, 0.2) is 0 Å². The molecule has 2 atom stereocenters.